The number of hydrogen-bond donors (Lipinski definition) is 2. The highest BCUT2D eigenvalue weighted by Crippen LogP contribution is 2.26. The molecule has 3 nitrogen and oxygen atoms in total. The Morgan fingerprint density at radius 2 is 1.67 bits per heavy atom. The molecule has 0 aliphatic rings. The number of nitrogen functional groups attached to an aromatic ring is 1. The number of rotatable bonds is 2. The molecule has 0 radical (unpaired) electrons. The second-order valence-corrected chi connectivity index (χ2v) is 3.73. The van der Waals surface area contributed by atoms with E-state index < -0.39 is 23.2 Å². The highest BCUT2D eigenvalue weighted by Gasteiger charge is 2.16. The zero-order valence-corrected chi connectivity index (χ0v) is 9.15. The molecule has 0 aromatic heterocycles. The third kappa shape index (κ3) is 2.15. The number of carboxylic acids is 1. The number of halogens is 2. The van der Waals surface area contributed by atoms with Gasteiger partial charge in [0.1, 0.15) is 17.2 Å². The van der Waals surface area contributed by atoms with Crippen molar-refractivity contribution in [3.63, 3.8) is 0 Å². The van der Waals surface area contributed by atoms with E-state index in [0.717, 1.165) is 6.07 Å². The molecule has 5 heteroatoms. The molecule has 0 atom stereocenters. The van der Waals surface area contributed by atoms with Crippen LogP contribution in [0.15, 0.2) is 36.4 Å². The number of carbonyl (C=O) groups is 1. The van der Waals surface area contributed by atoms with Crippen molar-refractivity contribution in [2.24, 2.45) is 0 Å². The van der Waals surface area contributed by atoms with Gasteiger partial charge in [0.15, 0.2) is 0 Å². The topological polar surface area (TPSA) is 63.3 Å². The first-order valence-corrected chi connectivity index (χ1v) is 5.07. The zero-order valence-electron chi connectivity index (χ0n) is 9.15. The summed E-state index contributed by atoms with van der Waals surface area (Å²) in [6.45, 7) is 0. The third-order valence-corrected chi connectivity index (χ3v) is 2.51. The van der Waals surface area contributed by atoms with E-state index in [0.29, 0.717) is 11.1 Å². The van der Waals surface area contributed by atoms with E-state index >= 15 is 0 Å². The lowest BCUT2D eigenvalue weighted by Crippen LogP contribution is -2.06. The van der Waals surface area contributed by atoms with Gasteiger partial charge >= 0.3 is 5.97 Å². The van der Waals surface area contributed by atoms with Gasteiger partial charge in [0, 0.05) is 5.69 Å². The SMILES string of the molecule is Nc1cc(-c2ccc(F)cc2)cc(F)c1C(=O)O. The summed E-state index contributed by atoms with van der Waals surface area (Å²) in [6, 6.07) is 7.80. The van der Waals surface area contributed by atoms with Gasteiger partial charge in [-0.15, -0.1) is 0 Å². The van der Waals surface area contributed by atoms with Crippen LogP contribution in [0.3, 0.4) is 0 Å². The van der Waals surface area contributed by atoms with Crippen LogP contribution in [-0.4, -0.2) is 11.1 Å². The van der Waals surface area contributed by atoms with Crippen molar-refractivity contribution < 1.29 is 18.7 Å². The van der Waals surface area contributed by atoms with Crippen LogP contribution < -0.4 is 5.73 Å². The van der Waals surface area contributed by atoms with Gasteiger partial charge in [0.05, 0.1) is 0 Å². The van der Waals surface area contributed by atoms with Crippen LogP contribution in [0.2, 0.25) is 0 Å². The molecule has 18 heavy (non-hydrogen) atoms. The lowest BCUT2D eigenvalue weighted by molar-refractivity contribution is 0.0693. The fraction of sp³-hybridized carbons (Fsp3) is 0. The van der Waals surface area contributed by atoms with Crippen LogP contribution in [0.4, 0.5) is 14.5 Å². The van der Waals surface area contributed by atoms with E-state index in [1.54, 1.807) is 0 Å². The quantitative estimate of drug-likeness (QED) is 0.804. The van der Waals surface area contributed by atoms with Crippen molar-refractivity contribution in [1.82, 2.24) is 0 Å². The zero-order chi connectivity index (χ0) is 13.3. The lowest BCUT2D eigenvalue weighted by Gasteiger charge is -2.07. The maximum Gasteiger partial charge on any atom is 0.340 e. The van der Waals surface area contributed by atoms with Gasteiger partial charge in [-0.3, -0.25) is 0 Å². The van der Waals surface area contributed by atoms with E-state index in [2.05, 4.69) is 0 Å². The van der Waals surface area contributed by atoms with Gasteiger partial charge in [0.25, 0.3) is 0 Å². The Morgan fingerprint density at radius 1 is 1.06 bits per heavy atom. The van der Waals surface area contributed by atoms with Crippen molar-refractivity contribution in [3.8, 4) is 11.1 Å². The largest absolute Gasteiger partial charge is 0.478 e. The monoisotopic (exact) mass is 249 g/mol. The van der Waals surface area contributed by atoms with Gasteiger partial charge in [-0.1, -0.05) is 12.1 Å². The van der Waals surface area contributed by atoms with Gasteiger partial charge in [-0.05, 0) is 35.4 Å². The van der Waals surface area contributed by atoms with Gasteiger partial charge < -0.3 is 10.8 Å². The maximum absolute atomic E-state index is 13.6. The molecule has 0 fully saturated rings. The summed E-state index contributed by atoms with van der Waals surface area (Å²) in [5, 5.41) is 8.77. The first kappa shape index (κ1) is 12.0. The smallest absolute Gasteiger partial charge is 0.340 e. The fourth-order valence-electron chi connectivity index (χ4n) is 1.66. The summed E-state index contributed by atoms with van der Waals surface area (Å²) >= 11 is 0. The van der Waals surface area contributed by atoms with Crippen LogP contribution in [0.25, 0.3) is 11.1 Å². The summed E-state index contributed by atoms with van der Waals surface area (Å²) < 4.78 is 26.3. The van der Waals surface area contributed by atoms with E-state index in [1.165, 1.54) is 30.3 Å². The predicted octanol–water partition coefficient (Wildman–Crippen LogP) is 2.91. The molecule has 0 bridgehead atoms. The molecule has 2 rings (SSSR count). The normalized spacial score (nSPS) is 10.3. The Bertz CT molecular complexity index is 586. The second-order valence-electron chi connectivity index (χ2n) is 3.73. The minimum atomic E-state index is -1.42. The van der Waals surface area contributed by atoms with Crippen molar-refractivity contribution in [1.29, 1.82) is 0 Å². The van der Waals surface area contributed by atoms with Crippen molar-refractivity contribution >= 4 is 11.7 Å². The Balaban J connectivity index is 2.54. The number of aromatic carboxylic acids is 1. The number of carboxylic acid groups (broad SMARTS) is 1. The van der Waals surface area contributed by atoms with Gasteiger partial charge in [-0.2, -0.15) is 0 Å². The Hall–Kier alpha value is -2.43. The molecule has 2 aromatic carbocycles. The van der Waals surface area contributed by atoms with Crippen LogP contribution >= 0.6 is 0 Å². The summed E-state index contributed by atoms with van der Waals surface area (Å²) in [5.41, 5.74) is 5.73. The molecule has 92 valence electrons. The molecule has 0 amide bonds. The van der Waals surface area contributed by atoms with E-state index in [4.69, 9.17) is 10.8 Å². The van der Waals surface area contributed by atoms with Crippen LogP contribution in [-0.2, 0) is 0 Å². The second kappa shape index (κ2) is 4.44. The van der Waals surface area contributed by atoms with E-state index in [1.807, 2.05) is 0 Å². The molecule has 0 aliphatic heterocycles. The van der Waals surface area contributed by atoms with E-state index in [9.17, 15) is 13.6 Å². The molecule has 0 heterocycles. The predicted molar refractivity (Wildman–Crippen MR) is 63.2 cm³/mol. The lowest BCUT2D eigenvalue weighted by atomic mass is 10.0. The summed E-state index contributed by atoms with van der Waals surface area (Å²) in [4.78, 5) is 10.8. The minimum Gasteiger partial charge on any atom is -0.478 e. The van der Waals surface area contributed by atoms with Crippen LogP contribution in [0, 0.1) is 11.6 Å². The molecule has 3 N–H and O–H groups in total. The van der Waals surface area contributed by atoms with Crippen LogP contribution in [0.5, 0.6) is 0 Å². The molecular weight excluding hydrogens is 240 g/mol. The highest BCUT2D eigenvalue weighted by molar-refractivity contribution is 5.95. The number of nitrogens with two attached hydrogens (primary N) is 1. The van der Waals surface area contributed by atoms with Crippen molar-refractivity contribution in [3.05, 3.63) is 53.6 Å². The number of benzene rings is 2. The summed E-state index contributed by atoms with van der Waals surface area (Å²) in [7, 11) is 0. The molecule has 0 spiro atoms. The van der Waals surface area contributed by atoms with Gasteiger partial charge in [-0.25, -0.2) is 13.6 Å². The minimum absolute atomic E-state index is 0.165. The number of hydrogen-bond acceptors (Lipinski definition) is 2. The van der Waals surface area contributed by atoms with Crippen molar-refractivity contribution in [2.45, 2.75) is 0 Å². The molecule has 0 saturated heterocycles. The summed E-state index contributed by atoms with van der Waals surface area (Å²) in [6.07, 6.45) is 0. The molecule has 0 saturated carbocycles. The average Bonchev–Trinajstić information content (AvgIpc) is 2.28. The molecular formula is C13H9F2NO2. The highest BCUT2D eigenvalue weighted by atomic mass is 19.1. The molecule has 0 aliphatic carbocycles. The van der Waals surface area contributed by atoms with E-state index in [-0.39, 0.29) is 5.69 Å². The first-order chi connectivity index (χ1) is 8.49. The van der Waals surface area contributed by atoms with Crippen LogP contribution in [0.1, 0.15) is 10.4 Å². The molecule has 0 unspecified atom stereocenters. The Kier molecular flexibility index (Phi) is 2.97. The Morgan fingerprint density at radius 3 is 2.17 bits per heavy atom. The van der Waals surface area contributed by atoms with Gasteiger partial charge in [0.2, 0.25) is 0 Å². The third-order valence-electron chi connectivity index (χ3n) is 2.51. The first-order valence-electron chi connectivity index (χ1n) is 5.07. The standard InChI is InChI=1S/C13H9F2NO2/c14-9-3-1-7(2-4-9)8-5-10(15)12(13(17)18)11(16)6-8/h1-6H,16H2,(H,17,18). The summed E-state index contributed by atoms with van der Waals surface area (Å²) in [5.74, 6) is -2.74. The maximum atomic E-state index is 13.6. The molecule has 2 aromatic rings. The Labute approximate surface area is 101 Å². The fourth-order valence-corrected chi connectivity index (χ4v) is 1.66. The number of anilines is 1. The average molecular weight is 249 g/mol. The van der Waals surface area contributed by atoms with Crippen molar-refractivity contribution in [2.75, 3.05) is 5.73 Å².